The van der Waals surface area contributed by atoms with Crippen molar-refractivity contribution in [2.24, 2.45) is 0 Å². The lowest BCUT2D eigenvalue weighted by atomic mass is 9.95. The molecule has 1 aromatic rings. The number of piperidine rings is 1. The van der Waals surface area contributed by atoms with Crippen LogP contribution in [0.4, 0.5) is 0 Å². The van der Waals surface area contributed by atoms with Crippen LogP contribution in [0.25, 0.3) is 0 Å². The summed E-state index contributed by atoms with van der Waals surface area (Å²) in [6.45, 7) is 4.26. The number of aromatic nitrogens is 1. The molecule has 0 radical (unpaired) electrons. The van der Waals surface area contributed by atoms with Crippen molar-refractivity contribution in [1.29, 1.82) is 0 Å². The topological polar surface area (TPSA) is 50.1 Å². The SMILES string of the molecule is c1oc(C2CNC2)nc1C1CCNCC1. The summed E-state index contributed by atoms with van der Waals surface area (Å²) in [5.41, 5.74) is 1.17. The third-order valence-electron chi connectivity index (χ3n) is 3.43. The van der Waals surface area contributed by atoms with Crippen molar-refractivity contribution in [3.8, 4) is 0 Å². The van der Waals surface area contributed by atoms with Crippen LogP contribution < -0.4 is 10.6 Å². The Morgan fingerprint density at radius 2 is 1.93 bits per heavy atom. The van der Waals surface area contributed by atoms with Gasteiger partial charge < -0.3 is 15.1 Å². The van der Waals surface area contributed by atoms with Crippen LogP contribution in [0.5, 0.6) is 0 Å². The molecule has 15 heavy (non-hydrogen) atoms. The Morgan fingerprint density at radius 1 is 1.13 bits per heavy atom. The molecule has 0 aromatic carbocycles. The zero-order chi connectivity index (χ0) is 10.1. The molecule has 82 valence electrons. The van der Waals surface area contributed by atoms with Crippen LogP contribution in [0.1, 0.15) is 36.3 Å². The van der Waals surface area contributed by atoms with Crippen LogP contribution in [-0.2, 0) is 0 Å². The summed E-state index contributed by atoms with van der Waals surface area (Å²) in [6, 6.07) is 0. The van der Waals surface area contributed by atoms with Crippen molar-refractivity contribution >= 4 is 0 Å². The average molecular weight is 207 g/mol. The molecule has 0 bridgehead atoms. The van der Waals surface area contributed by atoms with Gasteiger partial charge in [-0.2, -0.15) is 0 Å². The Morgan fingerprint density at radius 3 is 2.60 bits per heavy atom. The highest BCUT2D eigenvalue weighted by Gasteiger charge is 2.26. The highest BCUT2D eigenvalue weighted by atomic mass is 16.3. The monoisotopic (exact) mass is 207 g/mol. The van der Waals surface area contributed by atoms with Gasteiger partial charge in [0.05, 0.1) is 11.6 Å². The molecule has 3 rings (SSSR count). The number of nitrogens with one attached hydrogen (secondary N) is 2. The first-order chi connectivity index (χ1) is 7.43. The Labute approximate surface area is 89.5 Å². The maximum absolute atomic E-state index is 5.55. The van der Waals surface area contributed by atoms with Crippen molar-refractivity contribution in [3.05, 3.63) is 17.8 Å². The van der Waals surface area contributed by atoms with E-state index in [0.717, 1.165) is 32.1 Å². The molecule has 1 aromatic heterocycles. The molecule has 2 N–H and O–H groups in total. The standard InChI is InChI=1S/C11H17N3O/c1-3-12-4-2-8(1)10-7-15-11(14-10)9-5-13-6-9/h7-9,12-13H,1-6H2. The van der Waals surface area contributed by atoms with E-state index in [1.54, 1.807) is 0 Å². The molecule has 0 unspecified atom stereocenters. The van der Waals surface area contributed by atoms with Crippen molar-refractivity contribution in [1.82, 2.24) is 15.6 Å². The van der Waals surface area contributed by atoms with E-state index < -0.39 is 0 Å². The van der Waals surface area contributed by atoms with Gasteiger partial charge in [-0.1, -0.05) is 0 Å². The molecule has 0 saturated carbocycles. The van der Waals surface area contributed by atoms with E-state index in [2.05, 4.69) is 15.6 Å². The van der Waals surface area contributed by atoms with E-state index >= 15 is 0 Å². The summed E-state index contributed by atoms with van der Waals surface area (Å²) in [7, 11) is 0. The highest BCUT2D eigenvalue weighted by Crippen LogP contribution is 2.27. The molecule has 3 heterocycles. The first-order valence-corrected chi connectivity index (χ1v) is 5.80. The normalized spacial score (nSPS) is 24.0. The van der Waals surface area contributed by atoms with Gasteiger partial charge in [-0.05, 0) is 25.9 Å². The lowest BCUT2D eigenvalue weighted by Gasteiger charge is -2.23. The van der Waals surface area contributed by atoms with Crippen LogP contribution in [0.15, 0.2) is 10.7 Å². The number of hydrogen-bond donors (Lipinski definition) is 2. The van der Waals surface area contributed by atoms with E-state index in [9.17, 15) is 0 Å². The molecule has 2 aliphatic rings. The summed E-state index contributed by atoms with van der Waals surface area (Å²) in [6.07, 6.45) is 4.24. The summed E-state index contributed by atoms with van der Waals surface area (Å²) in [4.78, 5) is 4.62. The van der Waals surface area contributed by atoms with Gasteiger partial charge in [0, 0.05) is 19.0 Å². The number of rotatable bonds is 2. The summed E-state index contributed by atoms with van der Waals surface area (Å²) < 4.78 is 5.55. The minimum absolute atomic E-state index is 0.514. The van der Waals surface area contributed by atoms with Crippen molar-refractivity contribution in [2.75, 3.05) is 26.2 Å². The van der Waals surface area contributed by atoms with Crippen LogP contribution >= 0.6 is 0 Å². The van der Waals surface area contributed by atoms with E-state index in [0.29, 0.717) is 11.8 Å². The predicted octanol–water partition coefficient (Wildman–Crippen LogP) is 0.828. The van der Waals surface area contributed by atoms with Gasteiger partial charge in [0.15, 0.2) is 5.89 Å². The second kappa shape index (κ2) is 3.94. The van der Waals surface area contributed by atoms with Gasteiger partial charge in [0.1, 0.15) is 6.26 Å². The van der Waals surface area contributed by atoms with Crippen LogP contribution in [0.2, 0.25) is 0 Å². The second-order valence-electron chi connectivity index (χ2n) is 4.49. The maximum atomic E-state index is 5.55. The molecule has 2 fully saturated rings. The minimum atomic E-state index is 0.514. The van der Waals surface area contributed by atoms with Crippen molar-refractivity contribution < 1.29 is 4.42 Å². The van der Waals surface area contributed by atoms with Gasteiger partial charge in [0.2, 0.25) is 0 Å². The lowest BCUT2D eigenvalue weighted by molar-refractivity contribution is 0.357. The fourth-order valence-electron chi connectivity index (χ4n) is 2.26. The maximum Gasteiger partial charge on any atom is 0.199 e. The minimum Gasteiger partial charge on any atom is -0.448 e. The zero-order valence-electron chi connectivity index (χ0n) is 8.83. The van der Waals surface area contributed by atoms with Crippen LogP contribution in [0.3, 0.4) is 0 Å². The largest absolute Gasteiger partial charge is 0.448 e. The van der Waals surface area contributed by atoms with Gasteiger partial charge in [-0.15, -0.1) is 0 Å². The van der Waals surface area contributed by atoms with Crippen LogP contribution in [0, 0.1) is 0 Å². The predicted molar refractivity (Wildman–Crippen MR) is 57.0 cm³/mol. The van der Waals surface area contributed by atoms with E-state index in [1.165, 1.54) is 18.5 Å². The molecular formula is C11H17N3O. The number of nitrogens with zero attached hydrogens (tertiary/aromatic N) is 1. The first-order valence-electron chi connectivity index (χ1n) is 5.80. The fourth-order valence-corrected chi connectivity index (χ4v) is 2.26. The molecule has 0 aliphatic carbocycles. The lowest BCUT2D eigenvalue weighted by Crippen LogP contribution is -2.40. The molecular weight excluding hydrogens is 190 g/mol. The Kier molecular flexibility index (Phi) is 2.46. The Hall–Kier alpha value is -0.870. The fraction of sp³-hybridized carbons (Fsp3) is 0.727. The molecule has 0 amide bonds. The molecule has 4 nitrogen and oxygen atoms in total. The van der Waals surface area contributed by atoms with Crippen molar-refractivity contribution in [2.45, 2.75) is 24.7 Å². The molecule has 2 saturated heterocycles. The number of hydrogen-bond acceptors (Lipinski definition) is 4. The Balaban J connectivity index is 1.71. The van der Waals surface area contributed by atoms with Gasteiger partial charge in [0.25, 0.3) is 0 Å². The van der Waals surface area contributed by atoms with Crippen LogP contribution in [-0.4, -0.2) is 31.2 Å². The first kappa shape index (κ1) is 9.36. The third kappa shape index (κ3) is 1.79. The van der Waals surface area contributed by atoms with Gasteiger partial charge in [-0.3, -0.25) is 0 Å². The Bertz CT molecular complexity index is 326. The van der Waals surface area contributed by atoms with Crippen molar-refractivity contribution in [3.63, 3.8) is 0 Å². The second-order valence-corrected chi connectivity index (χ2v) is 4.49. The summed E-state index contributed by atoms with van der Waals surface area (Å²) >= 11 is 0. The molecule has 0 atom stereocenters. The average Bonchev–Trinajstić information content (AvgIpc) is 2.66. The smallest absolute Gasteiger partial charge is 0.199 e. The van der Waals surface area contributed by atoms with E-state index in [1.807, 2.05) is 6.26 Å². The third-order valence-corrected chi connectivity index (χ3v) is 3.43. The highest BCUT2D eigenvalue weighted by molar-refractivity contribution is 5.10. The zero-order valence-corrected chi connectivity index (χ0v) is 8.83. The molecule has 2 aliphatic heterocycles. The quantitative estimate of drug-likeness (QED) is 0.754. The summed E-state index contributed by atoms with van der Waals surface area (Å²) in [5.74, 6) is 2.06. The van der Waals surface area contributed by atoms with Gasteiger partial charge >= 0.3 is 0 Å². The number of oxazole rings is 1. The van der Waals surface area contributed by atoms with E-state index in [-0.39, 0.29) is 0 Å². The van der Waals surface area contributed by atoms with Gasteiger partial charge in [-0.25, -0.2) is 4.98 Å². The summed E-state index contributed by atoms with van der Waals surface area (Å²) in [5, 5.41) is 6.61. The molecule has 4 heteroatoms. The molecule has 0 spiro atoms. The van der Waals surface area contributed by atoms with E-state index in [4.69, 9.17) is 4.42 Å².